The Labute approximate surface area is 110 Å². The zero-order valence-corrected chi connectivity index (χ0v) is 10.6. The van der Waals surface area contributed by atoms with Crippen molar-refractivity contribution < 1.29 is 19.0 Å². The van der Waals surface area contributed by atoms with Crippen molar-refractivity contribution in [1.29, 1.82) is 0 Å². The minimum atomic E-state index is -0.990. The van der Waals surface area contributed by atoms with Crippen molar-refractivity contribution in [2.75, 3.05) is 0 Å². The quantitative estimate of drug-likeness (QED) is 0.909. The van der Waals surface area contributed by atoms with Gasteiger partial charge in [0.2, 0.25) is 0 Å². The maximum Gasteiger partial charge on any atom is 0.335 e. The van der Waals surface area contributed by atoms with Gasteiger partial charge in [0.15, 0.2) is 0 Å². The van der Waals surface area contributed by atoms with E-state index in [-0.39, 0.29) is 11.4 Å². The number of hydrogen-bond acceptors (Lipinski definition) is 2. The highest BCUT2D eigenvalue weighted by Crippen LogP contribution is 2.27. The molecule has 0 unspecified atom stereocenters. The summed E-state index contributed by atoms with van der Waals surface area (Å²) in [5.74, 6) is -0.434. The molecule has 0 aliphatic rings. The van der Waals surface area contributed by atoms with Gasteiger partial charge in [-0.1, -0.05) is 6.07 Å². The summed E-state index contributed by atoms with van der Waals surface area (Å²) < 4.78 is 18.9. The molecule has 2 rings (SSSR count). The minimum Gasteiger partial charge on any atom is -0.478 e. The third kappa shape index (κ3) is 2.91. The van der Waals surface area contributed by atoms with Crippen LogP contribution in [-0.2, 0) is 0 Å². The largest absolute Gasteiger partial charge is 0.478 e. The molecular weight excluding hydrogens is 247 g/mol. The molecule has 0 aromatic heterocycles. The number of benzene rings is 2. The minimum absolute atomic E-state index is 0.194. The van der Waals surface area contributed by atoms with Crippen LogP contribution in [0.3, 0.4) is 0 Å². The number of ether oxygens (including phenoxy) is 1. The molecule has 2 aromatic carbocycles. The fraction of sp³-hybridized carbons (Fsp3) is 0.133. The molecule has 0 spiro atoms. The first-order chi connectivity index (χ1) is 8.97. The second-order valence-corrected chi connectivity index (χ2v) is 4.30. The van der Waals surface area contributed by atoms with Crippen LogP contribution in [-0.4, -0.2) is 11.1 Å². The van der Waals surface area contributed by atoms with Gasteiger partial charge in [-0.3, -0.25) is 0 Å². The van der Waals surface area contributed by atoms with Crippen LogP contribution in [0, 0.1) is 19.7 Å². The monoisotopic (exact) mass is 260 g/mol. The van der Waals surface area contributed by atoms with Crippen LogP contribution < -0.4 is 4.74 Å². The van der Waals surface area contributed by atoms with Crippen LogP contribution in [0.2, 0.25) is 0 Å². The summed E-state index contributed by atoms with van der Waals surface area (Å²) in [6, 6.07) is 9.14. The maximum absolute atomic E-state index is 13.4. The molecule has 0 bridgehead atoms. The first-order valence-electron chi connectivity index (χ1n) is 5.75. The van der Waals surface area contributed by atoms with E-state index in [2.05, 4.69) is 0 Å². The van der Waals surface area contributed by atoms with Crippen molar-refractivity contribution in [3.63, 3.8) is 0 Å². The van der Waals surface area contributed by atoms with Crippen LogP contribution in [0.15, 0.2) is 36.4 Å². The Balaban J connectivity index is 2.28. The predicted molar refractivity (Wildman–Crippen MR) is 69.3 cm³/mol. The molecule has 3 nitrogen and oxygen atoms in total. The van der Waals surface area contributed by atoms with Crippen LogP contribution in [0.4, 0.5) is 4.39 Å². The van der Waals surface area contributed by atoms with E-state index in [1.807, 2.05) is 0 Å². The highest BCUT2D eigenvalue weighted by Gasteiger charge is 2.08. The van der Waals surface area contributed by atoms with Crippen LogP contribution in [0.5, 0.6) is 11.5 Å². The van der Waals surface area contributed by atoms with Gasteiger partial charge < -0.3 is 9.84 Å². The number of hydrogen-bond donors (Lipinski definition) is 1. The van der Waals surface area contributed by atoms with Crippen LogP contribution in [0.1, 0.15) is 21.5 Å². The second-order valence-electron chi connectivity index (χ2n) is 4.30. The van der Waals surface area contributed by atoms with Gasteiger partial charge in [0.25, 0.3) is 0 Å². The summed E-state index contributed by atoms with van der Waals surface area (Å²) in [5.41, 5.74) is 1.42. The lowest BCUT2D eigenvalue weighted by molar-refractivity contribution is 0.0697. The first-order valence-corrected chi connectivity index (χ1v) is 5.75. The SMILES string of the molecule is Cc1ccc(Oc2ccc(C(=O)O)cc2C)cc1F. The smallest absolute Gasteiger partial charge is 0.335 e. The summed E-state index contributed by atoms with van der Waals surface area (Å²) in [6.45, 7) is 3.42. The molecule has 0 aliphatic carbocycles. The zero-order valence-electron chi connectivity index (χ0n) is 10.6. The molecule has 0 aliphatic heterocycles. The standard InChI is InChI=1S/C15H13FO3/c1-9-3-5-12(8-13(9)16)19-14-6-4-11(15(17)18)7-10(14)2/h3-8H,1-2H3,(H,17,18). The molecule has 0 atom stereocenters. The molecule has 0 saturated carbocycles. The van der Waals surface area contributed by atoms with Gasteiger partial charge in [0.05, 0.1) is 5.56 Å². The summed E-state index contributed by atoms with van der Waals surface area (Å²) in [4.78, 5) is 10.8. The normalized spacial score (nSPS) is 10.3. The molecule has 4 heteroatoms. The van der Waals surface area contributed by atoms with E-state index in [1.165, 1.54) is 18.2 Å². The van der Waals surface area contributed by atoms with Crippen molar-refractivity contribution in [1.82, 2.24) is 0 Å². The maximum atomic E-state index is 13.4. The van der Waals surface area contributed by atoms with E-state index < -0.39 is 5.97 Å². The summed E-state index contributed by atoms with van der Waals surface area (Å²) in [7, 11) is 0. The van der Waals surface area contributed by atoms with Gasteiger partial charge in [0, 0.05) is 6.07 Å². The van der Waals surface area contributed by atoms with Crippen molar-refractivity contribution in [2.24, 2.45) is 0 Å². The Morgan fingerprint density at radius 1 is 1.11 bits per heavy atom. The topological polar surface area (TPSA) is 46.5 Å². The second kappa shape index (κ2) is 5.10. The number of carbonyl (C=O) groups is 1. The highest BCUT2D eigenvalue weighted by atomic mass is 19.1. The van der Waals surface area contributed by atoms with E-state index in [1.54, 1.807) is 32.0 Å². The molecular formula is C15H13FO3. The van der Waals surface area contributed by atoms with E-state index >= 15 is 0 Å². The number of carboxylic acids is 1. The third-order valence-electron chi connectivity index (χ3n) is 2.79. The lowest BCUT2D eigenvalue weighted by Gasteiger charge is -2.10. The molecule has 19 heavy (non-hydrogen) atoms. The van der Waals surface area contributed by atoms with Gasteiger partial charge >= 0.3 is 5.97 Å². The fourth-order valence-electron chi connectivity index (χ4n) is 1.66. The first kappa shape index (κ1) is 13.1. The van der Waals surface area contributed by atoms with Crippen LogP contribution >= 0.6 is 0 Å². The highest BCUT2D eigenvalue weighted by molar-refractivity contribution is 5.88. The Kier molecular flexibility index (Phi) is 3.51. The Morgan fingerprint density at radius 3 is 2.42 bits per heavy atom. The summed E-state index contributed by atoms with van der Waals surface area (Å²) in [5, 5.41) is 8.87. The van der Waals surface area contributed by atoms with Gasteiger partial charge in [-0.2, -0.15) is 0 Å². The van der Waals surface area contributed by atoms with Gasteiger partial charge in [-0.15, -0.1) is 0 Å². The van der Waals surface area contributed by atoms with E-state index in [0.29, 0.717) is 22.6 Å². The summed E-state index contributed by atoms with van der Waals surface area (Å²) >= 11 is 0. The van der Waals surface area contributed by atoms with E-state index in [4.69, 9.17) is 9.84 Å². The van der Waals surface area contributed by atoms with Gasteiger partial charge in [-0.05, 0) is 49.2 Å². The predicted octanol–water partition coefficient (Wildman–Crippen LogP) is 3.93. The Bertz CT molecular complexity index is 635. The Morgan fingerprint density at radius 2 is 1.84 bits per heavy atom. The average molecular weight is 260 g/mol. The molecule has 0 heterocycles. The molecule has 0 fully saturated rings. The van der Waals surface area contributed by atoms with Crippen molar-refractivity contribution in [3.05, 3.63) is 58.9 Å². The Hall–Kier alpha value is -2.36. The summed E-state index contributed by atoms with van der Waals surface area (Å²) in [6.07, 6.45) is 0. The number of rotatable bonds is 3. The number of carboxylic acid groups (broad SMARTS) is 1. The average Bonchev–Trinajstić information content (AvgIpc) is 2.36. The number of aromatic carboxylic acids is 1. The van der Waals surface area contributed by atoms with Crippen molar-refractivity contribution >= 4 is 5.97 Å². The lowest BCUT2D eigenvalue weighted by Crippen LogP contribution is -1.97. The third-order valence-corrected chi connectivity index (χ3v) is 2.79. The molecule has 0 radical (unpaired) electrons. The van der Waals surface area contributed by atoms with Crippen molar-refractivity contribution in [3.8, 4) is 11.5 Å². The van der Waals surface area contributed by atoms with Crippen LogP contribution in [0.25, 0.3) is 0 Å². The van der Waals surface area contributed by atoms with E-state index in [0.717, 1.165) is 0 Å². The molecule has 2 aromatic rings. The number of halogens is 1. The lowest BCUT2D eigenvalue weighted by atomic mass is 10.1. The van der Waals surface area contributed by atoms with Gasteiger partial charge in [0.1, 0.15) is 17.3 Å². The zero-order chi connectivity index (χ0) is 14.0. The van der Waals surface area contributed by atoms with Gasteiger partial charge in [-0.25, -0.2) is 9.18 Å². The molecule has 0 amide bonds. The van der Waals surface area contributed by atoms with Crippen molar-refractivity contribution in [2.45, 2.75) is 13.8 Å². The van der Waals surface area contributed by atoms with E-state index in [9.17, 15) is 9.18 Å². The molecule has 98 valence electrons. The molecule has 1 N–H and O–H groups in total. The fourth-order valence-corrected chi connectivity index (χ4v) is 1.66. The molecule has 0 saturated heterocycles. The number of aryl methyl sites for hydroxylation is 2.